The zero-order valence-corrected chi connectivity index (χ0v) is 13.2. The molecule has 0 saturated carbocycles. The number of carboxylic acid groups (broad SMARTS) is 2. The maximum atomic E-state index is 13.4. The standard InChI is InChI=1S/C14H19FN2O.C2H2O4/c15-12-7-3-4-8-13(12)16-14(18)11-17-9-5-1-2-6-10-17;3-1(4)2(5)6/h3-4,7-8H,1-2,5-6,9-11H2,(H,16,18);(H,3,4)(H,5,6). The van der Waals surface area contributed by atoms with Gasteiger partial charge in [-0.2, -0.15) is 0 Å². The van der Waals surface area contributed by atoms with Gasteiger partial charge in [-0.1, -0.05) is 25.0 Å². The molecule has 0 spiro atoms. The number of nitrogens with zero attached hydrogens (tertiary/aromatic N) is 1. The third kappa shape index (κ3) is 7.68. The fraction of sp³-hybridized carbons (Fsp3) is 0.438. The Balaban J connectivity index is 0.000000413. The Bertz CT molecular complexity index is 559. The average molecular weight is 340 g/mol. The third-order valence-electron chi connectivity index (χ3n) is 3.40. The van der Waals surface area contributed by atoms with E-state index in [4.69, 9.17) is 19.8 Å². The molecule has 132 valence electrons. The molecule has 2 rings (SSSR count). The van der Waals surface area contributed by atoms with Gasteiger partial charge in [0.2, 0.25) is 5.91 Å². The van der Waals surface area contributed by atoms with Crippen molar-refractivity contribution in [3.63, 3.8) is 0 Å². The summed E-state index contributed by atoms with van der Waals surface area (Å²) in [5.41, 5.74) is 0.261. The lowest BCUT2D eigenvalue weighted by Crippen LogP contribution is -2.34. The van der Waals surface area contributed by atoms with Crippen LogP contribution in [-0.4, -0.2) is 52.6 Å². The number of anilines is 1. The van der Waals surface area contributed by atoms with Crippen LogP contribution in [-0.2, 0) is 14.4 Å². The average Bonchev–Trinajstić information content (AvgIpc) is 2.78. The summed E-state index contributed by atoms with van der Waals surface area (Å²) in [6.07, 6.45) is 4.77. The van der Waals surface area contributed by atoms with Gasteiger partial charge in [-0.05, 0) is 38.1 Å². The molecule has 1 amide bonds. The van der Waals surface area contributed by atoms with Gasteiger partial charge in [0.05, 0.1) is 12.2 Å². The molecule has 7 nitrogen and oxygen atoms in total. The molecule has 0 aromatic heterocycles. The van der Waals surface area contributed by atoms with Crippen LogP contribution in [0.1, 0.15) is 25.7 Å². The molecule has 3 N–H and O–H groups in total. The first-order valence-corrected chi connectivity index (χ1v) is 7.63. The smallest absolute Gasteiger partial charge is 0.414 e. The lowest BCUT2D eigenvalue weighted by Gasteiger charge is -2.19. The highest BCUT2D eigenvalue weighted by Crippen LogP contribution is 2.13. The zero-order valence-electron chi connectivity index (χ0n) is 13.2. The van der Waals surface area contributed by atoms with Crippen molar-refractivity contribution in [1.29, 1.82) is 0 Å². The van der Waals surface area contributed by atoms with E-state index in [2.05, 4.69) is 10.2 Å². The first-order valence-electron chi connectivity index (χ1n) is 7.63. The van der Waals surface area contributed by atoms with Crippen LogP contribution in [0.2, 0.25) is 0 Å². The molecule has 1 fully saturated rings. The number of hydrogen-bond acceptors (Lipinski definition) is 4. The number of likely N-dealkylation sites (tertiary alicyclic amines) is 1. The molecule has 1 heterocycles. The number of aliphatic carboxylic acids is 2. The van der Waals surface area contributed by atoms with Gasteiger partial charge in [-0.3, -0.25) is 9.69 Å². The van der Waals surface area contributed by atoms with E-state index in [9.17, 15) is 9.18 Å². The van der Waals surface area contributed by atoms with Crippen molar-refractivity contribution in [3.05, 3.63) is 30.1 Å². The van der Waals surface area contributed by atoms with E-state index in [1.807, 2.05) is 0 Å². The fourth-order valence-corrected chi connectivity index (χ4v) is 2.25. The molecule has 1 aliphatic rings. The lowest BCUT2D eigenvalue weighted by atomic mass is 10.2. The summed E-state index contributed by atoms with van der Waals surface area (Å²) in [6.45, 7) is 2.28. The summed E-state index contributed by atoms with van der Waals surface area (Å²) in [4.78, 5) is 32.2. The number of carbonyl (C=O) groups excluding carboxylic acids is 1. The molecule has 1 aromatic carbocycles. The van der Waals surface area contributed by atoms with Crippen LogP contribution in [0.3, 0.4) is 0 Å². The second-order valence-electron chi connectivity index (χ2n) is 5.33. The summed E-state index contributed by atoms with van der Waals surface area (Å²) < 4.78 is 13.4. The molecular weight excluding hydrogens is 319 g/mol. The van der Waals surface area contributed by atoms with Gasteiger partial charge in [0, 0.05) is 0 Å². The highest BCUT2D eigenvalue weighted by atomic mass is 19.1. The van der Waals surface area contributed by atoms with Crippen LogP contribution in [0.4, 0.5) is 10.1 Å². The van der Waals surface area contributed by atoms with Gasteiger partial charge in [0.25, 0.3) is 0 Å². The maximum Gasteiger partial charge on any atom is 0.414 e. The Hall–Kier alpha value is -2.48. The molecule has 1 aromatic rings. The lowest BCUT2D eigenvalue weighted by molar-refractivity contribution is -0.159. The molecule has 0 atom stereocenters. The number of amides is 1. The Morgan fingerprint density at radius 2 is 1.54 bits per heavy atom. The molecular formula is C16H21FN2O5. The van der Waals surface area contributed by atoms with Crippen molar-refractivity contribution >= 4 is 23.5 Å². The molecule has 0 radical (unpaired) electrons. The number of hydrogen-bond donors (Lipinski definition) is 3. The Kier molecular flexibility index (Phi) is 8.42. The van der Waals surface area contributed by atoms with Gasteiger partial charge < -0.3 is 15.5 Å². The Labute approximate surface area is 139 Å². The van der Waals surface area contributed by atoms with E-state index in [1.165, 1.54) is 18.9 Å². The van der Waals surface area contributed by atoms with Gasteiger partial charge in [-0.25, -0.2) is 14.0 Å². The Morgan fingerprint density at radius 3 is 2.04 bits per heavy atom. The Morgan fingerprint density at radius 1 is 1.00 bits per heavy atom. The fourth-order valence-electron chi connectivity index (χ4n) is 2.25. The van der Waals surface area contributed by atoms with Gasteiger partial charge in [0.15, 0.2) is 0 Å². The summed E-state index contributed by atoms with van der Waals surface area (Å²) >= 11 is 0. The number of carbonyl (C=O) groups is 3. The van der Waals surface area contributed by atoms with E-state index >= 15 is 0 Å². The summed E-state index contributed by atoms with van der Waals surface area (Å²) in [6, 6.07) is 6.25. The van der Waals surface area contributed by atoms with Gasteiger partial charge >= 0.3 is 11.9 Å². The topological polar surface area (TPSA) is 107 Å². The van der Waals surface area contributed by atoms with Crippen LogP contribution in [0.25, 0.3) is 0 Å². The van der Waals surface area contributed by atoms with E-state index in [-0.39, 0.29) is 17.4 Å². The van der Waals surface area contributed by atoms with Crippen LogP contribution >= 0.6 is 0 Å². The number of benzene rings is 1. The second-order valence-corrected chi connectivity index (χ2v) is 5.33. The van der Waals surface area contributed by atoms with Crippen LogP contribution < -0.4 is 5.32 Å². The third-order valence-corrected chi connectivity index (χ3v) is 3.40. The number of carboxylic acids is 2. The molecule has 1 saturated heterocycles. The van der Waals surface area contributed by atoms with E-state index < -0.39 is 11.9 Å². The van der Waals surface area contributed by atoms with Crippen molar-refractivity contribution in [2.24, 2.45) is 0 Å². The maximum absolute atomic E-state index is 13.4. The minimum absolute atomic E-state index is 0.137. The summed E-state index contributed by atoms with van der Waals surface area (Å²) in [5, 5.41) is 17.4. The van der Waals surface area contributed by atoms with Crippen molar-refractivity contribution in [3.8, 4) is 0 Å². The number of rotatable bonds is 3. The van der Waals surface area contributed by atoms with E-state index in [1.54, 1.807) is 18.2 Å². The van der Waals surface area contributed by atoms with Crippen molar-refractivity contribution in [1.82, 2.24) is 4.90 Å². The van der Waals surface area contributed by atoms with Crippen molar-refractivity contribution < 1.29 is 29.0 Å². The highest BCUT2D eigenvalue weighted by molar-refractivity contribution is 6.27. The molecule has 0 bridgehead atoms. The van der Waals surface area contributed by atoms with Crippen LogP contribution in [0.15, 0.2) is 24.3 Å². The number of halogens is 1. The quantitative estimate of drug-likeness (QED) is 0.724. The van der Waals surface area contributed by atoms with Gasteiger partial charge in [-0.15, -0.1) is 0 Å². The number of para-hydroxylation sites is 1. The summed E-state index contributed by atoms with van der Waals surface area (Å²) in [5.74, 6) is -4.17. The molecule has 24 heavy (non-hydrogen) atoms. The highest BCUT2D eigenvalue weighted by Gasteiger charge is 2.13. The van der Waals surface area contributed by atoms with Crippen molar-refractivity contribution in [2.75, 3.05) is 25.0 Å². The normalized spacial score (nSPS) is 14.7. The SMILES string of the molecule is O=C(CN1CCCCCC1)Nc1ccccc1F.O=C(O)C(=O)O. The first-order chi connectivity index (χ1) is 11.4. The monoisotopic (exact) mass is 340 g/mol. The summed E-state index contributed by atoms with van der Waals surface area (Å²) in [7, 11) is 0. The molecule has 0 aliphatic carbocycles. The van der Waals surface area contributed by atoms with Crippen LogP contribution in [0.5, 0.6) is 0 Å². The first kappa shape index (κ1) is 19.6. The molecule has 8 heteroatoms. The predicted molar refractivity (Wildman–Crippen MR) is 85.2 cm³/mol. The zero-order chi connectivity index (χ0) is 17.9. The molecule has 0 unspecified atom stereocenters. The van der Waals surface area contributed by atoms with Crippen molar-refractivity contribution in [2.45, 2.75) is 25.7 Å². The minimum atomic E-state index is -1.82. The number of nitrogens with one attached hydrogen (secondary N) is 1. The minimum Gasteiger partial charge on any atom is -0.473 e. The van der Waals surface area contributed by atoms with E-state index in [0.29, 0.717) is 6.54 Å². The van der Waals surface area contributed by atoms with Gasteiger partial charge in [0.1, 0.15) is 5.82 Å². The second kappa shape index (κ2) is 10.3. The van der Waals surface area contributed by atoms with Crippen LogP contribution in [0, 0.1) is 5.82 Å². The molecule has 1 aliphatic heterocycles. The van der Waals surface area contributed by atoms with E-state index in [0.717, 1.165) is 25.9 Å². The largest absolute Gasteiger partial charge is 0.473 e. The predicted octanol–water partition coefficient (Wildman–Crippen LogP) is 1.80.